The summed E-state index contributed by atoms with van der Waals surface area (Å²) in [5.41, 5.74) is 1.16. The number of piperidine rings is 1. The number of hydrogen-bond acceptors (Lipinski definition) is 4. The molecule has 1 aromatic carbocycles. The van der Waals surface area contributed by atoms with Crippen LogP contribution >= 0.6 is 0 Å². The molecule has 2 heterocycles. The van der Waals surface area contributed by atoms with Crippen LogP contribution in [0.3, 0.4) is 0 Å². The molecule has 0 bridgehead atoms. The van der Waals surface area contributed by atoms with Crippen molar-refractivity contribution in [2.24, 2.45) is 5.92 Å². The maximum absolute atomic E-state index is 12.3. The molecule has 0 spiro atoms. The summed E-state index contributed by atoms with van der Waals surface area (Å²) in [5.74, 6) is 1.39. The molecule has 5 nitrogen and oxygen atoms in total. The van der Waals surface area contributed by atoms with E-state index in [1.807, 2.05) is 30.3 Å². The van der Waals surface area contributed by atoms with Crippen molar-refractivity contribution >= 4 is 17.4 Å². The molecular formula is C17H20N4O. The van der Waals surface area contributed by atoms with E-state index in [1.165, 1.54) is 6.33 Å². The van der Waals surface area contributed by atoms with E-state index in [0.29, 0.717) is 5.69 Å². The Balaban J connectivity index is 1.72. The number of nitrogens with zero attached hydrogens (tertiary/aromatic N) is 3. The summed E-state index contributed by atoms with van der Waals surface area (Å²) in [6.45, 7) is 4.24. The summed E-state index contributed by atoms with van der Waals surface area (Å²) < 4.78 is 0. The molecular weight excluding hydrogens is 276 g/mol. The fourth-order valence-electron chi connectivity index (χ4n) is 2.60. The molecule has 1 amide bonds. The van der Waals surface area contributed by atoms with E-state index in [1.54, 1.807) is 6.07 Å². The predicted molar refractivity (Wildman–Crippen MR) is 87.0 cm³/mol. The molecule has 1 aromatic heterocycles. The highest BCUT2D eigenvalue weighted by Gasteiger charge is 2.18. The van der Waals surface area contributed by atoms with Crippen molar-refractivity contribution in [3.63, 3.8) is 0 Å². The van der Waals surface area contributed by atoms with Crippen LogP contribution < -0.4 is 10.2 Å². The smallest absolute Gasteiger partial charge is 0.274 e. The quantitative estimate of drug-likeness (QED) is 0.946. The van der Waals surface area contributed by atoms with Gasteiger partial charge in [0, 0.05) is 24.8 Å². The topological polar surface area (TPSA) is 58.1 Å². The van der Waals surface area contributed by atoms with Crippen LogP contribution in [0.1, 0.15) is 30.3 Å². The van der Waals surface area contributed by atoms with Gasteiger partial charge in [0.2, 0.25) is 0 Å². The molecule has 0 aliphatic carbocycles. The van der Waals surface area contributed by atoms with E-state index in [9.17, 15) is 4.79 Å². The van der Waals surface area contributed by atoms with Gasteiger partial charge in [0.25, 0.3) is 5.91 Å². The van der Waals surface area contributed by atoms with Crippen LogP contribution in [0.2, 0.25) is 0 Å². The van der Waals surface area contributed by atoms with Gasteiger partial charge in [0.15, 0.2) is 0 Å². The van der Waals surface area contributed by atoms with Crippen LogP contribution in [-0.2, 0) is 0 Å². The fourth-order valence-corrected chi connectivity index (χ4v) is 2.60. The SMILES string of the molecule is CC1CCN(c2cc(C(=O)Nc3ccccc3)ncn2)CC1. The maximum atomic E-state index is 12.3. The number of amides is 1. The van der Waals surface area contributed by atoms with E-state index in [-0.39, 0.29) is 5.91 Å². The third-order valence-electron chi connectivity index (χ3n) is 4.02. The van der Waals surface area contributed by atoms with E-state index in [0.717, 1.165) is 43.4 Å². The monoisotopic (exact) mass is 296 g/mol. The Morgan fingerprint density at radius 2 is 1.91 bits per heavy atom. The molecule has 1 fully saturated rings. The first-order valence-corrected chi connectivity index (χ1v) is 7.66. The molecule has 1 saturated heterocycles. The molecule has 1 aliphatic heterocycles. The third kappa shape index (κ3) is 3.42. The van der Waals surface area contributed by atoms with Crippen LogP contribution in [0.5, 0.6) is 0 Å². The number of rotatable bonds is 3. The molecule has 5 heteroatoms. The van der Waals surface area contributed by atoms with Gasteiger partial charge in [-0.15, -0.1) is 0 Å². The number of carbonyl (C=O) groups excluding carboxylic acids is 1. The van der Waals surface area contributed by atoms with Crippen molar-refractivity contribution in [3.05, 3.63) is 48.4 Å². The van der Waals surface area contributed by atoms with Gasteiger partial charge in [-0.25, -0.2) is 9.97 Å². The average molecular weight is 296 g/mol. The number of anilines is 2. The zero-order valence-electron chi connectivity index (χ0n) is 12.7. The van der Waals surface area contributed by atoms with Crippen molar-refractivity contribution in [1.29, 1.82) is 0 Å². The molecule has 0 saturated carbocycles. The molecule has 0 atom stereocenters. The van der Waals surface area contributed by atoms with Gasteiger partial charge in [-0.2, -0.15) is 0 Å². The molecule has 1 N–H and O–H groups in total. The molecule has 22 heavy (non-hydrogen) atoms. The van der Waals surface area contributed by atoms with Crippen LogP contribution in [0.25, 0.3) is 0 Å². The van der Waals surface area contributed by atoms with Crippen molar-refractivity contribution in [1.82, 2.24) is 9.97 Å². The largest absolute Gasteiger partial charge is 0.356 e. The molecule has 1 aliphatic rings. The maximum Gasteiger partial charge on any atom is 0.274 e. The number of benzene rings is 1. The van der Waals surface area contributed by atoms with E-state index in [4.69, 9.17) is 0 Å². The number of nitrogens with one attached hydrogen (secondary N) is 1. The number of para-hydroxylation sites is 1. The molecule has 0 radical (unpaired) electrons. The lowest BCUT2D eigenvalue weighted by molar-refractivity contribution is 0.102. The number of carbonyl (C=O) groups is 1. The third-order valence-corrected chi connectivity index (χ3v) is 4.02. The second kappa shape index (κ2) is 6.56. The highest BCUT2D eigenvalue weighted by Crippen LogP contribution is 2.21. The lowest BCUT2D eigenvalue weighted by Crippen LogP contribution is -2.33. The zero-order chi connectivity index (χ0) is 15.4. The Bertz CT molecular complexity index is 636. The second-order valence-electron chi connectivity index (χ2n) is 5.75. The minimum Gasteiger partial charge on any atom is -0.356 e. The summed E-state index contributed by atoms with van der Waals surface area (Å²) in [7, 11) is 0. The summed E-state index contributed by atoms with van der Waals surface area (Å²) in [4.78, 5) is 22.9. The number of hydrogen-bond donors (Lipinski definition) is 1. The molecule has 0 unspecified atom stereocenters. The average Bonchev–Trinajstić information content (AvgIpc) is 2.56. The van der Waals surface area contributed by atoms with Crippen molar-refractivity contribution in [3.8, 4) is 0 Å². The Labute approximate surface area is 130 Å². The van der Waals surface area contributed by atoms with Gasteiger partial charge < -0.3 is 10.2 Å². The summed E-state index contributed by atoms with van der Waals surface area (Å²) >= 11 is 0. The summed E-state index contributed by atoms with van der Waals surface area (Å²) in [6.07, 6.45) is 3.79. The van der Waals surface area contributed by atoms with Gasteiger partial charge in [-0.3, -0.25) is 4.79 Å². The Kier molecular flexibility index (Phi) is 4.32. The minimum absolute atomic E-state index is 0.208. The van der Waals surface area contributed by atoms with E-state index >= 15 is 0 Å². The van der Waals surface area contributed by atoms with Crippen LogP contribution in [0, 0.1) is 5.92 Å². The van der Waals surface area contributed by atoms with Gasteiger partial charge in [0.1, 0.15) is 17.8 Å². The normalized spacial score (nSPS) is 15.6. The lowest BCUT2D eigenvalue weighted by Gasteiger charge is -2.31. The van der Waals surface area contributed by atoms with Crippen molar-refractivity contribution < 1.29 is 4.79 Å². The Morgan fingerprint density at radius 3 is 2.64 bits per heavy atom. The standard InChI is InChI=1S/C17H20N4O/c1-13-7-9-21(10-8-13)16-11-15(18-12-19-16)17(22)20-14-5-3-2-4-6-14/h2-6,11-13H,7-10H2,1H3,(H,20,22). The van der Waals surface area contributed by atoms with Crippen LogP contribution in [-0.4, -0.2) is 29.0 Å². The Morgan fingerprint density at radius 1 is 1.18 bits per heavy atom. The van der Waals surface area contributed by atoms with E-state index in [2.05, 4.69) is 27.1 Å². The predicted octanol–water partition coefficient (Wildman–Crippen LogP) is 2.97. The summed E-state index contributed by atoms with van der Waals surface area (Å²) in [6, 6.07) is 11.2. The highest BCUT2D eigenvalue weighted by molar-refractivity contribution is 6.03. The van der Waals surface area contributed by atoms with E-state index < -0.39 is 0 Å². The minimum atomic E-state index is -0.208. The Hall–Kier alpha value is -2.43. The highest BCUT2D eigenvalue weighted by atomic mass is 16.1. The van der Waals surface area contributed by atoms with Crippen molar-refractivity contribution in [2.45, 2.75) is 19.8 Å². The zero-order valence-corrected chi connectivity index (χ0v) is 12.7. The van der Waals surface area contributed by atoms with Gasteiger partial charge in [-0.05, 0) is 30.9 Å². The first-order valence-electron chi connectivity index (χ1n) is 7.66. The van der Waals surface area contributed by atoms with Gasteiger partial charge in [0.05, 0.1) is 0 Å². The van der Waals surface area contributed by atoms with Crippen LogP contribution in [0.4, 0.5) is 11.5 Å². The lowest BCUT2D eigenvalue weighted by atomic mass is 9.99. The first kappa shape index (κ1) is 14.5. The fraction of sp³-hybridized carbons (Fsp3) is 0.353. The molecule has 2 aromatic rings. The summed E-state index contributed by atoms with van der Waals surface area (Å²) in [5, 5.41) is 2.85. The molecule has 3 rings (SSSR count). The van der Waals surface area contributed by atoms with Gasteiger partial charge >= 0.3 is 0 Å². The second-order valence-corrected chi connectivity index (χ2v) is 5.75. The van der Waals surface area contributed by atoms with Crippen molar-refractivity contribution in [2.75, 3.05) is 23.3 Å². The van der Waals surface area contributed by atoms with Gasteiger partial charge in [-0.1, -0.05) is 25.1 Å². The number of aromatic nitrogens is 2. The van der Waals surface area contributed by atoms with Crippen LogP contribution in [0.15, 0.2) is 42.7 Å². The molecule has 114 valence electrons. The first-order chi connectivity index (χ1) is 10.7.